The van der Waals surface area contributed by atoms with Gasteiger partial charge in [-0.2, -0.15) is 0 Å². The van der Waals surface area contributed by atoms with Crippen molar-refractivity contribution in [2.24, 2.45) is 17.8 Å². The van der Waals surface area contributed by atoms with Crippen LogP contribution in [0.2, 0.25) is 0 Å². The van der Waals surface area contributed by atoms with Crippen LogP contribution < -0.4 is 5.32 Å². The van der Waals surface area contributed by atoms with Crippen LogP contribution >= 0.6 is 0 Å². The number of ether oxygens (including phenoxy) is 1. The highest BCUT2D eigenvalue weighted by Gasteiger charge is 2.55. The predicted molar refractivity (Wildman–Crippen MR) is 60.0 cm³/mol. The molecule has 0 radical (unpaired) electrons. The maximum Gasteiger partial charge on any atom is 0.330 e. The van der Waals surface area contributed by atoms with Crippen molar-refractivity contribution in [3.63, 3.8) is 0 Å². The molecule has 2 aliphatic carbocycles. The number of nitrogens with one attached hydrogen (secondary N) is 1. The van der Waals surface area contributed by atoms with Crippen LogP contribution in [0.25, 0.3) is 0 Å². The van der Waals surface area contributed by atoms with Gasteiger partial charge < -0.3 is 15.2 Å². The number of hydrogen-bond donors (Lipinski definition) is 2. The molecule has 0 saturated heterocycles. The number of aliphatic hydroxyl groups excluding tert-OH is 1. The Morgan fingerprint density at radius 2 is 1.94 bits per heavy atom. The quantitative estimate of drug-likeness (QED) is 0.683. The van der Waals surface area contributed by atoms with Crippen molar-refractivity contribution in [3.8, 4) is 0 Å². The molecule has 0 bridgehead atoms. The second kappa shape index (κ2) is 5.04. The van der Waals surface area contributed by atoms with Crippen molar-refractivity contribution >= 4 is 11.9 Å². The molecule has 2 aliphatic rings. The first-order valence-electron chi connectivity index (χ1n) is 6.18. The zero-order valence-electron chi connectivity index (χ0n) is 10.0. The van der Waals surface area contributed by atoms with E-state index in [1.807, 2.05) is 0 Å². The Labute approximate surface area is 101 Å². The number of carbonyl (C=O) groups is 2. The van der Waals surface area contributed by atoms with Crippen LogP contribution in [0.5, 0.6) is 0 Å². The molecule has 0 aromatic rings. The van der Waals surface area contributed by atoms with E-state index >= 15 is 0 Å². The van der Waals surface area contributed by atoms with Crippen LogP contribution in [0.15, 0.2) is 0 Å². The van der Waals surface area contributed by atoms with Gasteiger partial charge in [0.1, 0.15) is 0 Å². The molecule has 0 aliphatic heterocycles. The van der Waals surface area contributed by atoms with E-state index in [1.165, 1.54) is 20.0 Å². The fraction of sp³-hybridized carbons (Fsp3) is 0.833. The molecular formula is C12H19NO4. The number of amides is 1. The van der Waals surface area contributed by atoms with Crippen molar-refractivity contribution in [1.82, 2.24) is 5.32 Å². The minimum absolute atomic E-state index is 0.0520. The molecule has 2 rings (SSSR count). The third-order valence-corrected chi connectivity index (χ3v) is 3.94. The lowest BCUT2D eigenvalue weighted by atomic mass is 10.0. The third kappa shape index (κ3) is 2.44. The molecule has 0 aromatic heterocycles. The zero-order chi connectivity index (χ0) is 12.4. The molecule has 2 N–H and O–H groups in total. The molecule has 96 valence electrons. The largest absolute Gasteiger partial charge is 0.467 e. The first-order valence-corrected chi connectivity index (χ1v) is 6.18. The van der Waals surface area contributed by atoms with E-state index in [1.54, 1.807) is 0 Å². The summed E-state index contributed by atoms with van der Waals surface area (Å²) < 4.78 is 4.51. The van der Waals surface area contributed by atoms with Gasteiger partial charge in [0.2, 0.25) is 5.91 Å². The van der Waals surface area contributed by atoms with E-state index in [0.717, 1.165) is 12.8 Å². The molecule has 5 heteroatoms. The highest BCUT2D eigenvalue weighted by molar-refractivity contribution is 5.87. The number of rotatable bonds is 4. The van der Waals surface area contributed by atoms with Crippen molar-refractivity contribution in [2.75, 3.05) is 13.7 Å². The summed E-state index contributed by atoms with van der Waals surface area (Å²) in [4.78, 5) is 23.2. The fourth-order valence-corrected chi connectivity index (χ4v) is 2.97. The molecule has 17 heavy (non-hydrogen) atoms. The Kier molecular flexibility index (Phi) is 3.66. The van der Waals surface area contributed by atoms with Crippen LogP contribution in [-0.2, 0) is 14.3 Å². The molecule has 1 amide bonds. The molecule has 3 atom stereocenters. The summed E-state index contributed by atoms with van der Waals surface area (Å²) >= 11 is 0. The summed E-state index contributed by atoms with van der Waals surface area (Å²) in [6, 6.07) is -0.921. The average molecular weight is 241 g/mol. The standard InChI is InChI=1S/C12H19NO4/c1-17-12(16)9(6-14)13-11(15)10-7-4-2-3-5-8(7)10/h7-10,14H,2-6H2,1H3,(H,13,15). The summed E-state index contributed by atoms with van der Waals surface area (Å²) in [5.41, 5.74) is 0. The second-order valence-electron chi connectivity index (χ2n) is 4.90. The SMILES string of the molecule is COC(=O)C(CO)NC(=O)C1C2CCCCC21. The van der Waals surface area contributed by atoms with Crippen LogP contribution in [-0.4, -0.2) is 36.7 Å². The Morgan fingerprint density at radius 3 is 2.41 bits per heavy atom. The maximum absolute atomic E-state index is 11.9. The summed E-state index contributed by atoms with van der Waals surface area (Å²) in [7, 11) is 1.24. The van der Waals surface area contributed by atoms with Gasteiger partial charge in [-0.15, -0.1) is 0 Å². The van der Waals surface area contributed by atoms with Crippen LogP contribution in [0.4, 0.5) is 0 Å². The highest BCUT2D eigenvalue weighted by Crippen LogP contribution is 2.55. The lowest BCUT2D eigenvalue weighted by Crippen LogP contribution is -2.45. The van der Waals surface area contributed by atoms with Gasteiger partial charge in [0, 0.05) is 5.92 Å². The van der Waals surface area contributed by atoms with Gasteiger partial charge in [-0.05, 0) is 24.7 Å². The Bertz CT molecular complexity index is 306. The van der Waals surface area contributed by atoms with Crippen molar-refractivity contribution < 1.29 is 19.4 Å². The fourth-order valence-electron chi connectivity index (χ4n) is 2.97. The number of methoxy groups -OCH3 is 1. The Morgan fingerprint density at radius 1 is 1.35 bits per heavy atom. The number of aliphatic hydroxyl groups is 1. The predicted octanol–water partition coefficient (Wildman–Crippen LogP) is 0.0727. The molecule has 0 spiro atoms. The zero-order valence-corrected chi connectivity index (χ0v) is 10.0. The van der Waals surface area contributed by atoms with Crippen molar-refractivity contribution in [3.05, 3.63) is 0 Å². The Hall–Kier alpha value is -1.10. The van der Waals surface area contributed by atoms with E-state index in [2.05, 4.69) is 10.1 Å². The number of fused-ring (bicyclic) bond motifs is 1. The number of hydrogen-bond acceptors (Lipinski definition) is 4. The average Bonchev–Trinajstić information content (AvgIpc) is 3.09. The summed E-state index contributed by atoms with van der Waals surface area (Å²) in [6.45, 7) is -0.416. The number of carbonyl (C=O) groups excluding carboxylic acids is 2. The normalized spacial score (nSPS) is 32.2. The monoisotopic (exact) mass is 241 g/mol. The van der Waals surface area contributed by atoms with Gasteiger partial charge in [0.05, 0.1) is 13.7 Å². The van der Waals surface area contributed by atoms with E-state index in [-0.39, 0.29) is 11.8 Å². The van der Waals surface area contributed by atoms with Gasteiger partial charge >= 0.3 is 5.97 Å². The third-order valence-electron chi connectivity index (χ3n) is 3.94. The first kappa shape index (κ1) is 12.4. The number of esters is 1. The van der Waals surface area contributed by atoms with Gasteiger partial charge in [0.15, 0.2) is 6.04 Å². The van der Waals surface area contributed by atoms with E-state index in [0.29, 0.717) is 11.8 Å². The molecule has 2 saturated carbocycles. The molecule has 0 aromatic carbocycles. The topological polar surface area (TPSA) is 75.6 Å². The van der Waals surface area contributed by atoms with Crippen LogP contribution in [0.3, 0.4) is 0 Å². The van der Waals surface area contributed by atoms with E-state index in [9.17, 15) is 9.59 Å². The molecule has 2 fully saturated rings. The van der Waals surface area contributed by atoms with Gasteiger partial charge in [-0.1, -0.05) is 12.8 Å². The highest BCUT2D eigenvalue weighted by atomic mass is 16.5. The van der Waals surface area contributed by atoms with Gasteiger partial charge in [0.25, 0.3) is 0 Å². The van der Waals surface area contributed by atoms with Crippen LogP contribution in [0, 0.1) is 17.8 Å². The van der Waals surface area contributed by atoms with Crippen molar-refractivity contribution in [2.45, 2.75) is 31.7 Å². The van der Waals surface area contributed by atoms with Crippen molar-refractivity contribution in [1.29, 1.82) is 0 Å². The lowest BCUT2D eigenvalue weighted by Gasteiger charge is -2.13. The van der Waals surface area contributed by atoms with Gasteiger partial charge in [-0.25, -0.2) is 4.79 Å². The first-order chi connectivity index (χ1) is 8.19. The van der Waals surface area contributed by atoms with E-state index < -0.39 is 18.6 Å². The minimum atomic E-state index is -0.921. The van der Waals surface area contributed by atoms with E-state index in [4.69, 9.17) is 5.11 Å². The summed E-state index contributed by atoms with van der Waals surface area (Å²) in [5.74, 6) is 0.355. The minimum Gasteiger partial charge on any atom is -0.467 e. The second-order valence-corrected chi connectivity index (χ2v) is 4.90. The summed E-state index contributed by atoms with van der Waals surface area (Å²) in [6.07, 6.45) is 4.63. The smallest absolute Gasteiger partial charge is 0.330 e. The molecule has 0 heterocycles. The maximum atomic E-state index is 11.9. The lowest BCUT2D eigenvalue weighted by molar-refractivity contribution is -0.146. The van der Waals surface area contributed by atoms with Gasteiger partial charge in [-0.3, -0.25) is 4.79 Å². The molecule has 3 unspecified atom stereocenters. The molecule has 5 nitrogen and oxygen atoms in total. The van der Waals surface area contributed by atoms with Crippen LogP contribution in [0.1, 0.15) is 25.7 Å². The Balaban J connectivity index is 1.86. The summed E-state index contributed by atoms with van der Waals surface area (Å²) in [5, 5.41) is 11.6. The molecular weight excluding hydrogens is 222 g/mol.